The van der Waals surface area contributed by atoms with Gasteiger partial charge < -0.3 is 14.8 Å². The van der Waals surface area contributed by atoms with Crippen LogP contribution >= 0.6 is 15.9 Å². The number of urea groups is 1. The highest BCUT2D eigenvalue weighted by Gasteiger charge is 2.29. The quantitative estimate of drug-likeness (QED) is 0.773. The summed E-state index contributed by atoms with van der Waals surface area (Å²) in [5, 5.41) is 2.86. The van der Waals surface area contributed by atoms with Gasteiger partial charge in [-0.2, -0.15) is 0 Å². The number of benzene rings is 2. The van der Waals surface area contributed by atoms with E-state index >= 15 is 0 Å². The SMILES string of the molecule is COc1cc(Br)c(NC(=O)N2C=CC(=O)CC2c2ccccc2)cc1OC. The Morgan fingerprint density at radius 2 is 1.81 bits per heavy atom. The van der Waals surface area contributed by atoms with Crippen molar-refractivity contribution in [3.05, 3.63) is 64.8 Å². The number of rotatable bonds is 4. The van der Waals surface area contributed by atoms with E-state index < -0.39 is 0 Å². The molecule has 0 spiro atoms. The van der Waals surface area contributed by atoms with Gasteiger partial charge in [0.1, 0.15) is 0 Å². The van der Waals surface area contributed by atoms with Crippen molar-refractivity contribution in [2.75, 3.05) is 19.5 Å². The largest absolute Gasteiger partial charge is 0.493 e. The molecule has 0 aromatic heterocycles. The standard InChI is InChI=1S/C20H19BrN2O4/c1-26-18-11-15(21)16(12-19(18)27-2)22-20(25)23-9-8-14(24)10-17(23)13-6-4-3-5-7-13/h3-9,11-12,17H,10H2,1-2H3,(H,22,25). The Balaban J connectivity index is 1.88. The molecule has 1 unspecified atom stereocenters. The third-order valence-electron chi connectivity index (χ3n) is 4.29. The number of hydrogen-bond donors (Lipinski definition) is 1. The monoisotopic (exact) mass is 430 g/mol. The number of ketones is 1. The van der Waals surface area contributed by atoms with Gasteiger partial charge in [0, 0.05) is 29.2 Å². The predicted molar refractivity (Wildman–Crippen MR) is 106 cm³/mol. The fourth-order valence-electron chi connectivity index (χ4n) is 2.92. The van der Waals surface area contributed by atoms with Crippen LogP contribution in [0.1, 0.15) is 18.0 Å². The topological polar surface area (TPSA) is 67.9 Å². The summed E-state index contributed by atoms with van der Waals surface area (Å²) in [5.74, 6) is 1.04. The van der Waals surface area contributed by atoms with Gasteiger partial charge in [-0.3, -0.25) is 9.69 Å². The average molecular weight is 431 g/mol. The molecule has 2 amide bonds. The zero-order valence-electron chi connectivity index (χ0n) is 14.9. The molecule has 6 nitrogen and oxygen atoms in total. The number of nitrogens with zero attached hydrogens (tertiary/aromatic N) is 1. The van der Waals surface area contributed by atoms with Crippen molar-refractivity contribution in [1.29, 1.82) is 0 Å². The molecule has 2 aromatic rings. The summed E-state index contributed by atoms with van der Waals surface area (Å²) in [4.78, 5) is 26.3. The molecule has 0 bridgehead atoms. The Labute approximate surface area is 165 Å². The van der Waals surface area contributed by atoms with E-state index in [9.17, 15) is 9.59 Å². The molecule has 2 aromatic carbocycles. The molecule has 1 atom stereocenters. The van der Waals surface area contributed by atoms with Gasteiger partial charge in [-0.15, -0.1) is 0 Å². The lowest BCUT2D eigenvalue weighted by molar-refractivity contribution is -0.116. The lowest BCUT2D eigenvalue weighted by Crippen LogP contribution is -2.37. The van der Waals surface area contributed by atoms with Crippen LogP contribution in [0.4, 0.5) is 10.5 Å². The lowest BCUT2D eigenvalue weighted by atomic mass is 9.98. The third-order valence-corrected chi connectivity index (χ3v) is 4.94. The lowest BCUT2D eigenvalue weighted by Gasteiger charge is -2.31. The number of amides is 2. The highest BCUT2D eigenvalue weighted by atomic mass is 79.9. The molecular weight excluding hydrogens is 412 g/mol. The van der Waals surface area contributed by atoms with Crippen molar-refractivity contribution in [1.82, 2.24) is 4.90 Å². The summed E-state index contributed by atoms with van der Waals surface area (Å²) in [6, 6.07) is 12.2. The summed E-state index contributed by atoms with van der Waals surface area (Å²) in [6.07, 6.45) is 3.18. The van der Waals surface area contributed by atoms with Gasteiger partial charge in [0.2, 0.25) is 0 Å². The molecule has 1 aliphatic rings. The van der Waals surface area contributed by atoms with Crippen molar-refractivity contribution in [2.45, 2.75) is 12.5 Å². The van der Waals surface area contributed by atoms with Crippen LogP contribution in [0.5, 0.6) is 11.5 Å². The molecule has 140 valence electrons. The Bertz CT molecular complexity index is 883. The maximum Gasteiger partial charge on any atom is 0.326 e. The van der Waals surface area contributed by atoms with E-state index in [4.69, 9.17) is 9.47 Å². The van der Waals surface area contributed by atoms with E-state index in [2.05, 4.69) is 21.2 Å². The van der Waals surface area contributed by atoms with E-state index in [1.54, 1.807) is 19.2 Å². The Kier molecular flexibility index (Phi) is 5.81. The van der Waals surface area contributed by atoms with E-state index in [1.807, 2.05) is 30.3 Å². The highest BCUT2D eigenvalue weighted by Crippen LogP contribution is 2.37. The van der Waals surface area contributed by atoms with Crippen LogP contribution in [0.2, 0.25) is 0 Å². The van der Waals surface area contributed by atoms with Crippen molar-refractivity contribution >= 4 is 33.4 Å². The number of methoxy groups -OCH3 is 2. The molecule has 0 aliphatic carbocycles. The van der Waals surface area contributed by atoms with Crippen LogP contribution in [-0.4, -0.2) is 30.9 Å². The van der Waals surface area contributed by atoms with Gasteiger partial charge in [-0.1, -0.05) is 30.3 Å². The van der Waals surface area contributed by atoms with E-state index in [0.717, 1.165) is 5.56 Å². The van der Waals surface area contributed by atoms with Crippen LogP contribution < -0.4 is 14.8 Å². The molecule has 0 fully saturated rings. The molecular formula is C20H19BrN2O4. The van der Waals surface area contributed by atoms with Crippen LogP contribution in [0.15, 0.2) is 59.2 Å². The second-order valence-electron chi connectivity index (χ2n) is 5.94. The molecule has 27 heavy (non-hydrogen) atoms. The van der Waals surface area contributed by atoms with E-state index in [0.29, 0.717) is 21.7 Å². The molecule has 1 N–H and O–H groups in total. The molecule has 3 rings (SSSR count). The minimum absolute atomic E-state index is 0.0137. The first kappa shape index (κ1) is 19.0. The predicted octanol–water partition coefficient (Wildman–Crippen LogP) is 4.53. The zero-order chi connectivity index (χ0) is 19.4. The number of carbonyl (C=O) groups is 2. The number of ether oxygens (including phenoxy) is 2. The first-order chi connectivity index (χ1) is 13.0. The summed E-state index contributed by atoms with van der Waals surface area (Å²) in [5.41, 5.74) is 1.44. The number of hydrogen-bond acceptors (Lipinski definition) is 4. The molecule has 1 heterocycles. The fraction of sp³-hybridized carbons (Fsp3) is 0.200. The minimum Gasteiger partial charge on any atom is -0.493 e. The van der Waals surface area contributed by atoms with Gasteiger partial charge in [0.05, 0.1) is 25.9 Å². The summed E-state index contributed by atoms with van der Waals surface area (Å²) < 4.78 is 11.2. The summed E-state index contributed by atoms with van der Waals surface area (Å²) in [7, 11) is 3.07. The van der Waals surface area contributed by atoms with Gasteiger partial charge in [-0.05, 0) is 27.6 Å². The van der Waals surface area contributed by atoms with Gasteiger partial charge in [0.25, 0.3) is 0 Å². The Hall–Kier alpha value is -2.80. The average Bonchev–Trinajstić information content (AvgIpc) is 2.69. The van der Waals surface area contributed by atoms with Crippen LogP contribution in [-0.2, 0) is 4.79 Å². The smallest absolute Gasteiger partial charge is 0.326 e. The van der Waals surface area contributed by atoms with E-state index in [-0.39, 0.29) is 24.3 Å². The third kappa shape index (κ3) is 4.14. The first-order valence-corrected chi connectivity index (χ1v) is 9.09. The first-order valence-electron chi connectivity index (χ1n) is 8.30. The van der Waals surface area contributed by atoms with Crippen molar-refractivity contribution in [3.8, 4) is 11.5 Å². The Morgan fingerprint density at radius 3 is 2.48 bits per heavy atom. The molecule has 1 aliphatic heterocycles. The number of carbonyl (C=O) groups excluding carboxylic acids is 2. The zero-order valence-corrected chi connectivity index (χ0v) is 16.5. The van der Waals surface area contributed by atoms with Crippen molar-refractivity contribution in [2.24, 2.45) is 0 Å². The van der Waals surface area contributed by atoms with Crippen LogP contribution in [0.3, 0.4) is 0 Å². The number of halogens is 1. The number of nitrogens with one attached hydrogen (secondary N) is 1. The Morgan fingerprint density at radius 1 is 1.15 bits per heavy atom. The molecule has 7 heteroatoms. The van der Waals surface area contributed by atoms with Crippen LogP contribution in [0.25, 0.3) is 0 Å². The second-order valence-corrected chi connectivity index (χ2v) is 6.79. The maximum atomic E-state index is 12.9. The van der Waals surface area contributed by atoms with Gasteiger partial charge in [-0.25, -0.2) is 4.79 Å². The highest BCUT2D eigenvalue weighted by molar-refractivity contribution is 9.10. The van der Waals surface area contributed by atoms with Crippen LogP contribution in [0, 0.1) is 0 Å². The van der Waals surface area contributed by atoms with Gasteiger partial charge in [0.15, 0.2) is 17.3 Å². The number of anilines is 1. The van der Waals surface area contributed by atoms with Crippen molar-refractivity contribution < 1.29 is 19.1 Å². The normalized spacial score (nSPS) is 16.2. The maximum absolute atomic E-state index is 12.9. The summed E-state index contributed by atoms with van der Waals surface area (Å²) >= 11 is 3.43. The minimum atomic E-state index is -0.359. The number of allylic oxidation sites excluding steroid dienone is 1. The molecule has 0 saturated heterocycles. The second kappa shape index (κ2) is 8.26. The van der Waals surface area contributed by atoms with Crippen molar-refractivity contribution in [3.63, 3.8) is 0 Å². The fourth-order valence-corrected chi connectivity index (χ4v) is 3.34. The molecule has 0 radical (unpaired) electrons. The van der Waals surface area contributed by atoms with E-state index in [1.165, 1.54) is 24.3 Å². The van der Waals surface area contributed by atoms with Gasteiger partial charge >= 0.3 is 6.03 Å². The molecule has 0 saturated carbocycles. The summed E-state index contributed by atoms with van der Waals surface area (Å²) in [6.45, 7) is 0.